The summed E-state index contributed by atoms with van der Waals surface area (Å²) in [4.78, 5) is 43.1. The van der Waals surface area contributed by atoms with Gasteiger partial charge < -0.3 is 40.3 Å². The van der Waals surface area contributed by atoms with Crippen molar-refractivity contribution >= 4 is 204 Å². The molecule has 0 unspecified atom stereocenters. The second-order valence-electron chi connectivity index (χ2n) is 1.03. The zero-order valence-electron chi connectivity index (χ0n) is 8.75. The van der Waals surface area contributed by atoms with Crippen molar-refractivity contribution in [3.63, 3.8) is 0 Å². The van der Waals surface area contributed by atoms with Gasteiger partial charge in [0.2, 0.25) is 0 Å². The van der Waals surface area contributed by atoms with Crippen molar-refractivity contribution in [2.24, 2.45) is 0 Å². The Bertz CT molecular complexity index is 135. The van der Waals surface area contributed by atoms with Crippen LogP contribution in [0.4, 0.5) is 0 Å². The summed E-state index contributed by atoms with van der Waals surface area (Å²) in [5.74, 6) is 0. The standard InChI is InChI=1S/5Ca.2H3O4P.2O/c;;;;;2*1-5(2,3)4;;/h;;;;;2*(H3,1,2,3,4);;/q5*+2;;;2*-2. The quantitative estimate of drug-likeness (QED) is 0.165. The first-order valence-electron chi connectivity index (χ1n) is 1.57. The van der Waals surface area contributed by atoms with E-state index in [1.807, 2.05) is 0 Å². The summed E-state index contributed by atoms with van der Waals surface area (Å²) in [6.45, 7) is 0. The van der Waals surface area contributed by atoms with Gasteiger partial charge in [0.25, 0.3) is 0 Å². The maximum absolute atomic E-state index is 8.88. The van der Waals surface area contributed by atoms with Gasteiger partial charge in [-0.2, -0.15) is 0 Å². The first-order valence-corrected chi connectivity index (χ1v) is 4.70. The van der Waals surface area contributed by atoms with Crippen molar-refractivity contribution in [2.75, 3.05) is 0 Å². The third-order valence-corrected chi connectivity index (χ3v) is 0. The van der Waals surface area contributed by atoms with E-state index >= 15 is 0 Å². The topological polar surface area (TPSA) is 213 Å². The van der Waals surface area contributed by atoms with Gasteiger partial charge in [0, 0.05) is 0 Å². The fourth-order valence-electron chi connectivity index (χ4n) is 0. The first kappa shape index (κ1) is 56.6. The zero-order valence-corrected chi connectivity index (χ0v) is 21.6. The normalized spacial score (nSPS) is 6.94. The zero-order chi connectivity index (χ0) is 9.00. The summed E-state index contributed by atoms with van der Waals surface area (Å²) < 4.78 is 17.8. The van der Waals surface area contributed by atoms with Gasteiger partial charge in [0.1, 0.15) is 0 Å². The summed E-state index contributed by atoms with van der Waals surface area (Å²) in [6.07, 6.45) is 0. The van der Waals surface area contributed by atoms with Crippen LogP contribution in [0.2, 0.25) is 0 Å². The van der Waals surface area contributed by atoms with Crippen molar-refractivity contribution in [2.45, 2.75) is 0 Å². The van der Waals surface area contributed by atoms with Crippen LogP contribution >= 0.6 is 15.6 Å². The van der Waals surface area contributed by atoms with Crippen LogP contribution in [0.3, 0.4) is 0 Å². The predicted molar refractivity (Wildman–Crippen MR) is 58.7 cm³/mol. The minimum absolute atomic E-state index is 0. The van der Waals surface area contributed by atoms with Gasteiger partial charge in [0.15, 0.2) is 0 Å². The second kappa shape index (κ2) is 30.3. The van der Waals surface area contributed by atoms with E-state index in [1.54, 1.807) is 0 Å². The second-order valence-corrected chi connectivity index (χ2v) is 3.08. The van der Waals surface area contributed by atoms with Gasteiger partial charge in [-0.05, 0) is 0 Å². The fourth-order valence-corrected chi connectivity index (χ4v) is 0. The number of hydrogen-bond acceptors (Lipinski definition) is 2. The summed E-state index contributed by atoms with van der Waals surface area (Å²) >= 11 is 0. The van der Waals surface area contributed by atoms with Gasteiger partial charge in [-0.25, -0.2) is 9.13 Å². The minimum Gasteiger partial charge on any atom is -2.00 e. The molecule has 0 radical (unpaired) electrons. The van der Waals surface area contributed by atoms with Crippen LogP contribution in [0.15, 0.2) is 0 Å². The number of phosphoric acid groups is 2. The Hall–Kier alpha value is 6.44. The Morgan fingerprint density at radius 2 is 0.471 bits per heavy atom. The molecule has 0 aromatic heterocycles. The molecular weight excluding hydrogens is 422 g/mol. The molecule has 0 fully saturated rings. The molecule has 0 aliphatic rings. The molecule has 0 aromatic carbocycles. The molecule has 17 heteroatoms. The van der Waals surface area contributed by atoms with Gasteiger partial charge in [-0.3, -0.25) is 0 Å². The van der Waals surface area contributed by atoms with E-state index in [9.17, 15) is 0 Å². The largest absolute Gasteiger partial charge is 2.00 e. The fraction of sp³-hybridized carbons (Fsp3) is 0. The third-order valence-electron chi connectivity index (χ3n) is 0. The summed E-state index contributed by atoms with van der Waals surface area (Å²) in [7, 11) is -9.28. The average molecular weight is 428 g/mol. The SMILES string of the molecule is O=P(O)(O)O.O=P(O)(O)O.[Ca+2].[Ca+2].[Ca+2].[Ca+2].[Ca+2].[O-2].[O-2]. The smallest absolute Gasteiger partial charge is 2.00 e. The van der Waals surface area contributed by atoms with Crippen LogP contribution in [0.5, 0.6) is 0 Å². The molecule has 10 nitrogen and oxygen atoms in total. The van der Waals surface area contributed by atoms with Crippen molar-refractivity contribution in [3.05, 3.63) is 0 Å². The molecule has 0 spiro atoms. The van der Waals surface area contributed by atoms with E-state index in [1.165, 1.54) is 0 Å². The third kappa shape index (κ3) is 226. The van der Waals surface area contributed by atoms with E-state index in [0.29, 0.717) is 0 Å². The summed E-state index contributed by atoms with van der Waals surface area (Å²) in [5.41, 5.74) is 0. The Morgan fingerprint density at radius 1 is 0.471 bits per heavy atom. The van der Waals surface area contributed by atoms with Crippen LogP contribution in [0.25, 0.3) is 0 Å². The van der Waals surface area contributed by atoms with Crippen molar-refractivity contribution in [1.82, 2.24) is 0 Å². The van der Waals surface area contributed by atoms with Crippen molar-refractivity contribution < 1.29 is 49.4 Å². The Morgan fingerprint density at radius 3 is 0.471 bits per heavy atom. The molecule has 80 valence electrons. The molecule has 6 N–H and O–H groups in total. The molecule has 0 aliphatic heterocycles. The molecule has 0 bridgehead atoms. The number of rotatable bonds is 0. The van der Waals surface area contributed by atoms with E-state index in [-0.39, 0.29) is 200 Å². The maximum atomic E-state index is 8.88. The molecular formula is H6Ca5O10P2+6. The monoisotopic (exact) mass is 428 g/mol. The van der Waals surface area contributed by atoms with Crippen LogP contribution < -0.4 is 0 Å². The van der Waals surface area contributed by atoms with Crippen molar-refractivity contribution in [1.29, 1.82) is 0 Å². The molecule has 0 rings (SSSR count). The summed E-state index contributed by atoms with van der Waals surface area (Å²) in [6, 6.07) is 0. The molecule has 0 aliphatic carbocycles. The molecule has 0 saturated heterocycles. The Balaban J connectivity index is -0.00000000762. The van der Waals surface area contributed by atoms with E-state index in [0.717, 1.165) is 0 Å². The van der Waals surface area contributed by atoms with E-state index in [4.69, 9.17) is 38.5 Å². The maximum Gasteiger partial charge on any atom is 2.00 e. The molecule has 0 amide bonds. The van der Waals surface area contributed by atoms with Crippen LogP contribution in [-0.4, -0.2) is 218 Å². The van der Waals surface area contributed by atoms with Gasteiger partial charge in [-0.15, -0.1) is 0 Å². The molecule has 0 aromatic rings. The Labute approximate surface area is 247 Å². The van der Waals surface area contributed by atoms with Crippen LogP contribution in [0, 0.1) is 0 Å². The number of hydrogen-bond donors (Lipinski definition) is 6. The minimum atomic E-state index is -4.64. The van der Waals surface area contributed by atoms with Crippen LogP contribution in [0.1, 0.15) is 0 Å². The molecule has 0 heterocycles. The van der Waals surface area contributed by atoms with Gasteiger partial charge >= 0.3 is 204 Å². The van der Waals surface area contributed by atoms with Gasteiger partial charge in [0.05, 0.1) is 0 Å². The van der Waals surface area contributed by atoms with Crippen LogP contribution in [-0.2, 0) is 20.1 Å². The molecule has 0 saturated carbocycles. The molecule has 0 atom stereocenters. The Kier molecular flexibility index (Phi) is 101. The first-order chi connectivity index (χ1) is 4.00. The van der Waals surface area contributed by atoms with Crippen molar-refractivity contribution in [3.8, 4) is 0 Å². The summed E-state index contributed by atoms with van der Waals surface area (Å²) in [5, 5.41) is 0. The van der Waals surface area contributed by atoms with Gasteiger partial charge in [-0.1, -0.05) is 0 Å². The van der Waals surface area contributed by atoms with E-state index < -0.39 is 15.6 Å². The van der Waals surface area contributed by atoms with E-state index in [2.05, 4.69) is 0 Å². The average Bonchev–Trinajstić information content (AvgIpc) is 1.12. The molecule has 17 heavy (non-hydrogen) atoms. The predicted octanol–water partition coefficient (Wildman–Crippen LogP) is -4.00.